The van der Waals surface area contributed by atoms with Crippen molar-refractivity contribution in [2.75, 3.05) is 6.54 Å². The van der Waals surface area contributed by atoms with Crippen molar-refractivity contribution in [2.24, 2.45) is 0 Å². The van der Waals surface area contributed by atoms with E-state index < -0.39 is 0 Å². The molecular formula is C14H19FN2O. The fraction of sp³-hybridized carbons (Fsp3) is 0.500. The van der Waals surface area contributed by atoms with Gasteiger partial charge in [-0.2, -0.15) is 0 Å². The van der Waals surface area contributed by atoms with E-state index in [9.17, 15) is 9.18 Å². The van der Waals surface area contributed by atoms with E-state index in [0.717, 1.165) is 19.4 Å². The Morgan fingerprint density at radius 3 is 3.00 bits per heavy atom. The molecule has 1 fully saturated rings. The van der Waals surface area contributed by atoms with E-state index in [1.54, 1.807) is 12.1 Å². The Bertz CT molecular complexity index is 422. The van der Waals surface area contributed by atoms with E-state index in [0.29, 0.717) is 12.0 Å². The second-order valence-electron chi connectivity index (χ2n) is 4.80. The molecule has 0 aromatic heterocycles. The van der Waals surface area contributed by atoms with Gasteiger partial charge in [-0.25, -0.2) is 4.39 Å². The minimum Gasteiger partial charge on any atom is -0.356 e. The van der Waals surface area contributed by atoms with Gasteiger partial charge in [0.05, 0.1) is 0 Å². The smallest absolute Gasteiger partial charge is 0.221 e. The van der Waals surface area contributed by atoms with Crippen molar-refractivity contribution in [1.29, 1.82) is 0 Å². The van der Waals surface area contributed by atoms with E-state index in [1.165, 1.54) is 6.07 Å². The van der Waals surface area contributed by atoms with Crippen LogP contribution >= 0.6 is 0 Å². The minimum atomic E-state index is -0.199. The van der Waals surface area contributed by atoms with Crippen LogP contribution in [0.25, 0.3) is 0 Å². The molecule has 2 atom stereocenters. The third-order valence-electron chi connectivity index (χ3n) is 3.34. The predicted molar refractivity (Wildman–Crippen MR) is 68.6 cm³/mol. The summed E-state index contributed by atoms with van der Waals surface area (Å²) in [6, 6.07) is 6.81. The summed E-state index contributed by atoms with van der Waals surface area (Å²) in [5.41, 5.74) is 0.655. The molecule has 18 heavy (non-hydrogen) atoms. The van der Waals surface area contributed by atoms with Crippen molar-refractivity contribution >= 4 is 5.91 Å². The summed E-state index contributed by atoms with van der Waals surface area (Å²) in [6.45, 7) is 2.67. The lowest BCUT2D eigenvalue weighted by atomic mass is 10.0. The fourth-order valence-electron chi connectivity index (χ4n) is 2.39. The number of amides is 1. The number of carbonyl (C=O) groups is 1. The molecule has 2 N–H and O–H groups in total. The van der Waals surface area contributed by atoms with Crippen LogP contribution < -0.4 is 10.6 Å². The zero-order valence-electron chi connectivity index (χ0n) is 10.6. The molecule has 1 saturated heterocycles. The van der Waals surface area contributed by atoms with Gasteiger partial charge in [0.15, 0.2) is 0 Å². The first kappa shape index (κ1) is 13.0. The third kappa shape index (κ3) is 3.29. The molecule has 3 nitrogen and oxygen atoms in total. The lowest BCUT2D eigenvalue weighted by Gasteiger charge is -2.21. The summed E-state index contributed by atoms with van der Waals surface area (Å²) in [5, 5.41) is 6.19. The number of rotatable bonds is 3. The molecule has 1 heterocycles. The van der Waals surface area contributed by atoms with Crippen LogP contribution in [-0.2, 0) is 4.79 Å². The summed E-state index contributed by atoms with van der Waals surface area (Å²) >= 11 is 0. The average Bonchev–Trinajstić information content (AvgIpc) is 2.54. The summed E-state index contributed by atoms with van der Waals surface area (Å²) in [7, 11) is 0. The van der Waals surface area contributed by atoms with E-state index in [4.69, 9.17) is 0 Å². The van der Waals surface area contributed by atoms with Crippen molar-refractivity contribution in [2.45, 2.75) is 38.3 Å². The Morgan fingerprint density at radius 2 is 2.22 bits per heavy atom. The van der Waals surface area contributed by atoms with Gasteiger partial charge < -0.3 is 10.6 Å². The molecule has 1 aliphatic rings. The summed E-state index contributed by atoms with van der Waals surface area (Å²) in [6.07, 6.45) is 2.38. The standard InChI is InChI=1S/C14H19FN2O/c1-10(12-6-2-3-7-13(12)15)17-11-5-4-8-16-14(18)9-11/h2-3,6-7,10-11,17H,4-5,8-9H2,1H3,(H,16,18)/t10-,11?/m1/s1. The van der Waals surface area contributed by atoms with Crippen LogP contribution in [-0.4, -0.2) is 18.5 Å². The zero-order valence-corrected chi connectivity index (χ0v) is 10.6. The molecule has 4 heteroatoms. The van der Waals surface area contributed by atoms with Crippen molar-refractivity contribution in [1.82, 2.24) is 10.6 Å². The molecule has 0 saturated carbocycles. The Hall–Kier alpha value is -1.42. The summed E-state index contributed by atoms with van der Waals surface area (Å²) in [5.74, 6) is -0.124. The molecule has 1 aromatic rings. The maximum Gasteiger partial charge on any atom is 0.221 e. The number of benzene rings is 1. The zero-order chi connectivity index (χ0) is 13.0. The maximum absolute atomic E-state index is 13.6. The molecule has 0 aliphatic carbocycles. The largest absolute Gasteiger partial charge is 0.356 e. The van der Waals surface area contributed by atoms with Gasteiger partial charge in [0.2, 0.25) is 5.91 Å². The van der Waals surface area contributed by atoms with Crippen molar-refractivity contribution in [3.63, 3.8) is 0 Å². The second-order valence-corrected chi connectivity index (χ2v) is 4.80. The highest BCUT2D eigenvalue weighted by Crippen LogP contribution is 2.18. The molecule has 0 radical (unpaired) electrons. The van der Waals surface area contributed by atoms with Gasteiger partial charge >= 0.3 is 0 Å². The summed E-state index contributed by atoms with van der Waals surface area (Å²) in [4.78, 5) is 11.5. The number of nitrogens with one attached hydrogen (secondary N) is 2. The number of halogens is 1. The Morgan fingerprint density at radius 1 is 1.44 bits per heavy atom. The quantitative estimate of drug-likeness (QED) is 0.863. The molecule has 98 valence electrons. The molecule has 1 aromatic carbocycles. The highest BCUT2D eigenvalue weighted by molar-refractivity contribution is 5.76. The van der Waals surface area contributed by atoms with Crippen molar-refractivity contribution < 1.29 is 9.18 Å². The normalized spacial score (nSPS) is 22.1. The van der Waals surface area contributed by atoms with Gasteiger partial charge in [-0.3, -0.25) is 4.79 Å². The van der Waals surface area contributed by atoms with Crippen molar-refractivity contribution in [3.05, 3.63) is 35.6 Å². The predicted octanol–water partition coefficient (Wildman–Crippen LogP) is 2.14. The van der Waals surface area contributed by atoms with E-state index in [2.05, 4.69) is 10.6 Å². The van der Waals surface area contributed by atoms with E-state index >= 15 is 0 Å². The van der Waals surface area contributed by atoms with E-state index in [-0.39, 0.29) is 23.8 Å². The Balaban J connectivity index is 2.00. The first-order chi connectivity index (χ1) is 8.66. The highest BCUT2D eigenvalue weighted by atomic mass is 19.1. The summed E-state index contributed by atoms with van der Waals surface area (Å²) < 4.78 is 13.6. The number of hydrogen-bond donors (Lipinski definition) is 2. The first-order valence-electron chi connectivity index (χ1n) is 6.44. The topological polar surface area (TPSA) is 41.1 Å². The van der Waals surface area contributed by atoms with Crippen LogP contribution in [0.2, 0.25) is 0 Å². The van der Waals surface area contributed by atoms with Crippen LogP contribution in [0.5, 0.6) is 0 Å². The lowest BCUT2D eigenvalue weighted by molar-refractivity contribution is -0.121. The van der Waals surface area contributed by atoms with Crippen LogP contribution in [0, 0.1) is 5.82 Å². The van der Waals surface area contributed by atoms with Gasteiger partial charge in [-0.15, -0.1) is 0 Å². The Labute approximate surface area is 107 Å². The molecule has 1 aliphatic heterocycles. The van der Waals surface area contributed by atoms with E-state index in [1.807, 2.05) is 13.0 Å². The fourth-order valence-corrected chi connectivity index (χ4v) is 2.39. The molecule has 2 rings (SSSR count). The number of carbonyl (C=O) groups excluding carboxylic acids is 1. The van der Waals surface area contributed by atoms with Crippen LogP contribution in [0.15, 0.2) is 24.3 Å². The third-order valence-corrected chi connectivity index (χ3v) is 3.34. The van der Waals surface area contributed by atoms with Gasteiger partial charge in [0.25, 0.3) is 0 Å². The van der Waals surface area contributed by atoms with Gasteiger partial charge in [0, 0.05) is 30.6 Å². The monoisotopic (exact) mass is 250 g/mol. The van der Waals surface area contributed by atoms with Crippen LogP contribution in [0.4, 0.5) is 4.39 Å². The lowest BCUT2D eigenvalue weighted by Crippen LogP contribution is -2.34. The second kappa shape index (κ2) is 5.96. The molecule has 1 amide bonds. The van der Waals surface area contributed by atoms with Gasteiger partial charge in [0.1, 0.15) is 5.82 Å². The molecular weight excluding hydrogens is 231 g/mol. The molecule has 0 bridgehead atoms. The van der Waals surface area contributed by atoms with Gasteiger partial charge in [-0.05, 0) is 25.8 Å². The Kier molecular flexibility index (Phi) is 4.31. The van der Waals surface area contributed by atoms with Crippen molar-refractivity contribution in [3.8, 4) is 0 Å². The molecule has 0 spiro atoms. The van der Waals surface area contributed by atoms with Crippen LogP contribution in [0.3, 0.4) is 0 Å². The SMILES string of the molecule is C[C@@H](NC1CCCNC(=O)C1)c1ccccc1F. The first-order valence-corrected chi connectivity index (χ1v) is 6.44. The van der Waals surface area contributed by atoms with Crippen LogP contribution in [0.1, 0.15) is 37.8 Å². The highest BCUT2D eigenvalue weighted by Gasteiger charge is 2.20. The van der Waals surface area contributed by atoms with Gasteiger partial charge in [-0.1, -0.05) is 18.2 Å². The maximum atomic E-state index is 13.6. The average molecular weight is 250 g/mol. The minimum absolute atomic E-state index is 0.0748. The molecule has 1 unspecified atom stereocenters. The number of hydrogen-bond acceptors (Lipinski definition) is 2.